The Labute approximate surface area is 192 Å². The summed E-state index contributed by atoms with van der Waals surface area (Å²) in [5.74, 6) is 0.859. The Balaban J connectivity index is 1.41. The number of rotatable bonds is 10. The molecule has 2 aliphatic carbocycles. The van der Waals surface area contributed by atoms with Crippen LogP contribution >= 0.6 is 0 Å². The molecule has 0 aromatic heterocycles. The van der Waals surface area contributed by atoms with Crippen LogP contribution in [0.2, 0.25) is 0 Å². The fraction of sp³-hybridized carbons (Fsp3) is 0.714. The van der Waals surface area contributed by atoms with Crippen LogP contribution in [0.5, 0.6) is 5.75 Å². The van der Waals surface area contributed by atoms with Crippen LogP contribution in [-0.4, -0.2) is 6.61 Å². The molecule has 0 heterocycles. The fourth-order valence-corrected chi connectivity index (χ4v) is 5.63. The average molecular weight is 451 g/mol. The van der Waals surface area contributed by atoms with Crippen molar-refractivity contribution in [1.82, 2.24) is 0 Å². The van der Waals surface area contributed by atoms with Gasteiger partial charge in [-0.1, -0.05) is 32.8 Å². The number of hydrogen-bond donors (Lipinski definition) is 0. The van der Waals surface area contributed by atoms with Crippen molar-refractivity contribution in [3.8, 4) is 5.75 Å². The summed E-state index contributed by atoms with van der Waals surface area (Å²) < 4.78 is 48.1. The number of ether oxygens (including phenoxy) is 1. The zero-order valence-corrected chi connectivity index (χ0v) is 20.0. The summed E-state index contributed by atoms with van der Waals surface area (Å²) in [6.07, 6.45) is 15.1. The van der Waals surface area contributed by atoms with Gasteiger partial charge in [0.05, 0.1) is 12.4 Å². The van der Waals surface area contributed by atoms with E-state index in [4.69, 9.17) is 4.74 Å². The molecule has 3 rings (SSSR count). The van der Waals surface area contributed by atoms with Crippen molar-refractivity contribution in [2.75, 3.05) is 6.61 Å². The monoisotopic (exact) mass is 450 g/mol. The van der Waals surface area contributed by atoms with Crippen LogP contribution in [0.15, 0.2) is 24.0 Å². The largest absolute Gasteiger partial charge is 0.490 e. The topological polar surface area (TPSA) is 9.23 Å². The van der Waals surface area contributed by atoms with Gasteiger partial charge >= 0.3 is 0 Å². The first kappa shape index (κ1) is 25.2. The second kappa shape index (κ2) is 12.7. The van der Waals surface area contributed by atoms with E-state index in [1.165, 1.54) is 25.7 Å². The van der Waals surface area contributed by atoms with Gasteiger partial charge in [-0.25, -0.2) is 8.78 Å². The van der Waals surface area contributed by atoms with Crippen molar-refractivity contribution in [3.05, 3.63) is 41.2 Å². The van der Waals surface area contributed by atoms with Gasteiger partial charge in [0.2, 0.25) is 5.82 Å². The third kappa shape index (κ3) is 7.02. The van der Waals surface area contributed by atoms with Crippen molar-refractivity contribution >= 4 is 0 Å². The van der Waals surface area contributed by atoms with Crippen LogP contribution in [0.4, 0.5) is 13.2 Å². The highest BCUT2D eigenvalue weighted by Crippen LogP contribution is 2.42. The maximum atomic E-state index is 14.4. The Morgan fingerprint density at radius 1 is 0.906 bits per heavy atom. The van der Waals surface area contributed by atoms with Gasteiger partial charge in [-0.3, -0.25) is 0 Å². The van der Waals surface area contributed by atoms with E-state index < -0.39 is 11.6 Å². The zero-order chi connectivity index (χ0) is 22.9. The van der Waals surface area contributed by atoms with E-state index in [1.54, 1.807) is 12.1 Å². The molecule has 0 bridgehead atoms. The number of aryl methyl sites for hydroxylation is 1. The minimum Gasteiger partial charge on any atom is -0.490 e. The summed E-state index contributed by atoms with van der Waals surface area (Å²) in [5, 5.41) is 0. The summed E-state index contributed by atoms with van der Waals surface area (Å²) in [7, 11) is 0. The predicted molar refractivity (Wildman–Crippen MR) is 125 cm³/mol. The zero-order valence-electron chi connectivity index (χ0n) is 20.0. The SMILES string of the molecule is CCCCCc1ccc(OCC2CCC(C3CCC(/C=C(\F)CC)CC3)CC2)c(F)c1F. The van der Waals surface area contributed by atoms with Crippen LogP contribution in [-0.2, 0) is 6.42 Å². The molecule has 1 nitrogen and oxygen atoms in total. The quantitative estimate of drug-likeness (QED) is 0.323. The van der Waals surface area contributed by atoms with Gasteiger partial charge in [0.1, 0.15) is 0 Å². The van der Waals surface area contributed by atoms with Crippen molar-refractivity contribution in [3.63, 3.8) is 0 Å². The molecule has 0 atom stereocenters. The van der Waals surface area contributed by atoms with Gasteiger partial charge in [-0.15, -0.1) is 0 Å². The van der Waals surface area contributed by atoms with E-state index >= 15 is 0 Å². The molecular weight excluding hydrogens is 409 g/mol. The lowest BCUT2D eigenvalue weighted by Gasteiger charge is -2.37. The summed E-state index contributed by atoms with van der Waals surface area (Å²) in [6, 6.07) is 3.28. The van der Waals surface area contributed by atoms with E-state index in [1.807, 2.05) is 13.0 Å². The standard InChI is InChI=1S/C28H41F3O/c1-3-5-6-7-24-16-17-26(28(31)27(24)30)32-19-21-10-14-23(15-11-21)22-12-8-20(9-13-22)18-25(29)4-2/h16-18,20-23H,3-15,19H2,1-2H3/b25-18-. The van der Waals surface area contributed by atoms with Gasteiger partial charge in [0.25, 0.3) is 0 Å². The summed E-state index contributed by atoms with van der Waals surface area (Å²) in [4.78, 5) is 0. The van der Waals surface area contributed by atoms with Crippen LogP contribution in [0, 0.1) is 35.3 Å². The number of hydrogen-bond acceptors (Lipinski definition) is 1. The Bertz CT molecular complexity index is 728. The molecule has 0 amide bonds. The van der Waals surface area contributed by atoms with Crippen molar-refractivity contribution in [1.29, 1.82) is 0 Å². The minimum atomic E-state index is -0.835. The molecule has 1 aromatic rings. The van der Waals surface area contributed by atoms with Gasteiger partial charge in [-0.2, -0.15) is 4.39 Å². The van der Waals surface area contributed by atoms with Crippen LogP contribution in [0.1, 0.15) is 96.5 Å². The summed E-state index contributed by atoms with van der Waals surface area (Å²) in [5.41, 5.74) is 0.450. The molecule has 0 N–H and O–H groups in total. The second-order valence-electron chi connectivity index (χ2n) is 10.0. The van der Waals surface area contributed by atoms with E-state index in [2.05, 4.69) is 6.92 Å². The minimum absolute atomic E-state index is 0.0383. The Morgan fingerprint density at radius 2 is 1.56 bits per heavy atom. The first-order valence-electron chi connectivity index (χ1n) is 13.0. The molecule has 4 heteroatoms. The molecule has 0 saturated heterocycles. The number of benzene rings is 1. The van der Waals surface area contributed by atoms with E-state index in [0.717, 1.165) is 56.8 Å². The molecule has 32 heavy (non-hydrogen) atoms. The van der Waals surface area contributed by atoms with Crippen LogP contribution < -0.4 is 4.74 Å². The lowest BCUT2D eigenvalue weighted by atomic mass is 9.69. The highest BCUT2D eigenvalue weighted by atomic mass is 19.2. The van der Waals surface area contributed by atoms with Gasteiger partial charge in [0.15, 0.2) is 11.6 Å². The molecule has 1 aromatic carbocycles. The second-order valence-corrected chi connectivity index (χ2v) is 10.0. The first-order valence-corrected chi connectivity index (χ1v) is 13.0. The summed E-state index contributed by atoms with van der Waals surface area (Å²) in [6.45, 7) is 4.43. The number of unbranched alkanes of at least 4 members (excludes halogenated alkanes) is 2. The first-order chi connectivity index (χ1) is 15.5. The Kier molecular flexibility index (Phi) is 9.99. The third-order valence-corrected chi connectivity index (χ3v) is 7.78. The maximum Gasteiger partial charge on any atom is 0.200 e. The predicted octanol–water partition coefficient (Wildman–Crippen LogP) is 8.95. The summed E-state index contributed by atoms with van der Waals surface area (Å²) >= 11 is 0. The number of allylic oxidation sites excluding steroid dienone is 2. The molecule has 2 saturated carbocycles. The molecule has 0 spiro atoms. The van der Waals surface area contributed by atoms with E-state index in [0.29, 0.717) is 36.8 Å². The Hall–Kier alpha value is -1.45. The van der Waals surface area contributed by atoms with E-state index in [-0.39, 0.29) is 11.6 Å². The van der Waals surface area contributed by atoms with Crippen LogP contribution in [0.3, 0.4) is 0 Å². The maximum absolute atomic E-state index is 14.4. The molecule has 2 fully saturated rings. The molecule has 0 radical (unpaired) electrons. The normalized spacial score (nSPS) is 26.8. The highest BCUT2D eigenvalue weighted by molar-refractivity contribution is 5.31. The lowest BCUT2D eigenvalue weighted by Crippen LogP contribution is -2.27. The molecular formula is C28H41F3O. The smallest absolute Gasteiger partial charge is 0.200 e. The molecule has 0 unspecified atom stereocenters. The van der Waals surface area contributed by atoms with Gasteiger partial charge in [0, 0.05) is 0 Å². The molecule has 0 aliphatic heterocycles. The fourth-order valence-electron chi connectivity index (χ4n) is 5.63. The van der Waals surface area contributed by atoms with Gasteiger partial charge in [-0.05, 0) is 112 Å². The molecule has 2 aliphatic rings. The van der Waals surface area contributed by atoms with Crippen LogP contribution in [0.25, 0.3) is 0 Å². The van der Waals surface area contributed by atoms with Gasteiger partial charge < -0.3 is 4.74 Å². The van der Waals surface area contributed by atoms with Crippen molar-refractivity contribution in [2.45, 2.75) is 97.3 Å². The molecule has 180 valence electrons. The average Bonchev–Trinajstić information content (AvgIpc) is 2.82. The lowest BCUT2D eigenvalue weighted by molar-refractivity contribution is 0.127. The van der Waals surface area contributed by atoms with Crippen molar-refractivity contribution in [2.24, 2.45) is 23.7 Å². The number of halogens is 3. The third-order valence-electron chi connectivity index (χ3n) is 7.78. The highest BCUT2D eigenvalue weighted by Gasteiger charge is 2.31. The van der Waals surface area contributed by atoms with E-state index in [9.17, 15) is 13.2 Å². The Morgan fingerprint density at radius 3 is 2.19 bits per heavy atom. The van der Waals surface area contributed by atoms with Crippen molar-refractivity contribution < 1.29 is 17.9 Å².